The monoisotopic (exact) mass is 1940 g/mol. The highest BCUT2D eigenvalue weighted by Crippen LogP contribution is 2.78. The maximum absolute atomic E-state index is 13.9. The quantitative estimate of drug-likeness (QED) is 0.0391. The second-order valence-electron chi connectivity index (χ2n) is 46.3. The standard InChI is InChI=1S/C49H78O20.C47H72O20/c1-21-29(53)31(55)33(57)40(64-21)67-36-35(59)37(39(60)61)68-42(38(36)69-41-34(58)32(56)30(54)25(19-50)65-41)66-28-13-14-46(7)26(47(28,8)20-51)12-15-48(9)27(46)11-10-23(45(48,5)6)24-18-44(3,4)16-17-49(24,22(2)52)43(62)63;1-42(2)13-14-47(41(60)61)21(15-42)20-7-8-25-43(3)11-10-27(44(4,19-49)24(43)9-12-45(25,5)46(20,6)16-26(47)51)64-40-36(67-39-32(56)30(54)29(53)23(17-48)63-39)34(33(57)35(66-40)37(58)59)65-38-31(55)28(52)22(50)18-62-38/h10,20-22,24-38,40-42,50,52-59H,11-19H2,1-9H3,(H,60,61)(H,62,63);7,19,21-36,38-40,48,50-57H,8-18H2,1-6H3,(H,58,59)(H,60,61)/t21-,22?,24?,25?,26+,27?,28-,29-,30-,31?,32-,33?,34?,35-,36-,37?,38?,40?,41-,42+,46?,47+,48?,49-;21?,22-,23?,24-,25?,26?,27+,28+,29+,30+,31?,32?,33+,34+,35?,36?,38+,39+,40-,43?,44-,45?,46-,47-/m01/s1. The number of hydrogen-bond acceptors (Lipinski definition) is 36. The van der Waals surface area contributed by atoms with Crippen LogP contribution in [0.1, 0.15) is 213 Å². The Morgan fingerprint density at radius 2 is 0.831 bits per heavy atom. The van der Waals surface area contributed by atoms with Crippen molar-refractivity contribution in [1.82, 2.24) is 0 Å². The molecule has 0 aromatic carbocycles. The molecule has 0 aromatic rings. The molecule has 774 valence electrons. The molecule has 0 bridgehead atoms. The van der Waals surface area contributed by atoms with Crippen LogP contribution in [0.15, 0.2) is 23.3 Å². The normalized spacial score (nSPS) is 52.6. The number of allylic oxidation sites excluding steroid dienone is 4. The van der Waals surface area contributed by atoms with Gasteiger partial charge >= 0.3 is 23.9 Å². The van der Waals surface area contributed by atoms with E-state index in [9.17, 15) is 141 Å². The van der Waals surface area contributed by atoms with E-state index in [1.807, 2.05) is 0 Å². The Morgan fingerprint density at radius 3 is 1.27 bits per heavy atom. The number of aliphatic carboxylic acids is 4. The molecule has 0 radical (unpaired) electrons. The van der Waals surface area contributed by atoms with Crippen molar-refractivity contribution in [2.75, 3.05) is 19.8 Å². The third-order valence-electron chi connectivity index (χ3n) is 38.0. The van der Waals surface area contributed by atoms with E-state index >= 15 is 0 Å². The van der Waals surface area contributed by atoms with Crippen molar-refractivity contribution >= 4 is 36.4 Å². The molecule has 0 amide bonds. The molecular weight excluding hydrogens is 1790 g/mol. The Balaban J connectivity index is 0.000000218. The summed E-state index contributed by atoms with van der Waals surface area (Å²) in [5, 5.41) is 237. The molecule has 22 unspecified atom stereocenters. The number of aldehydes is 2. The van der Waals surface area contributed by atoms with E-state index in [-0.39, 0.29) is 59.7 Å². The van der Waals surface area contributed by atoms with Crippen molar-refractivity contribution in [3.8, 4) is 0 Å². The minimum Gasteiger partial charge on any atom is -0.481 e. The van der Waals surface area contributed by atoms with E-state index < -0.39 is 306 Å². The molecule has 40 heteroatoms. The summed E-state index contributed by atoms with van der Waals surface area (Å²) in [5.41, 5.74) is -6.34. The fraction of sp³-hybridized carbons (Fsp3) is 0.896. The minimum absolute atomic E-state index is 0.0131. The second-order valence-corrected chi connectivity index (χ2v) is 46.3. The highest BCUT2D eigenvalue weighted by molar-refractivity contribution is 5.78. The van der Waals surface area contributed by atoms with Crippen LogP contribution in [0, 0.1) is 100 Å². The van der Waals surface area contributed by atoms with Gasteiger partial charge in [0.05, 0.1) is 66.6 Å². The summed E-state index contributed by atoms with van der Waals surface area (Å²) < 4.78 is 72.1. The van der Waals surface area contributed by atoms with Crippen molar-refractivity contribution in [2.45, 2.75) is 416 Å². The summed E-state index contributed by atoms with van der Waals surface area (Å²) in [6.07, 6.45) is -42.9. The van der Waals surface area contributed by atoms with Gasteiger partial charge in [-0.25, -0.2) is 9.59 Å². The van der Waals surface area contributed by atoms with Crippen LogP contribution in [0.5, 0.6) is 0 Å². The number of fused-ring (bicyclic) bond motifs is 10. The molecule has 0 spiro atoms. The third-order valence-corrected chi connectivity index (χ3v) is 38.0. The molecule has 136 heavy (non-hydrogen) atoms. The lowest BCUT2D eigenvalue weighted by Crippen LogP contribution is -2.69. The maximum Gasteiger partial charge on any atom is 0.335 e. The molecule has 15 rings (SSSR count). The van der Waals surface area contributed by atoms with E-state index in [1.165, 1.54) is 6.92 Å². The molecule has 13 fully saturated rings. The Labute approximate surface area is 790 Å². The SMILES string of the molecule is CC(O)[C@@]1(C(=O)O)CCC(C)(C)CC1C1=CCC2C3(C)CC[C@H](O[C@@H]4OC(C(=O)O)[C@@H](O)[C@H](OC5O[C@@H](C)[C@H](O)C(O)C5O)C4O[C@@H]4OC(CO)[C@H](O)[C@H](O)C4O)[C@](C)(C=O)[C@@H]3CCC2(C)C1(C)C.CC1(C)CC[C@]2(C(=O)O)C(O)C[C@]3(C)C(=CCC4C5(C)CC[C@H](O[C@@H]6OC(C(=O)O)[C@@H](O)[C@H](O[C@@H]7OC[C@@H](O)[C@H](O)C7O)C6O[C@@H]6OC(CO)[C@H](O)[C@H](O)C6O)[C@](C)(C=O)[C@@H]5CCC43C)C2C1. The molecule has 6 aliphatic heterocycles. The van der Waals surface area contributed by atoms with Crippen LogP contribution in [0.25, 0.3) is 0 Å². The summed E-state index contributed by atoms with van der Waals surface area (Å²) >= 11 is 0. The molecule has 6 saturated heterocycles. The number of carbonyl (C=O) groups is 6. The Kier molecular flexibility index (Phi) is 30.3. The van der Waals surface area contributed by atoms with Gasteiger partial charge in [-0.1, -0.05) is 113 Å². The van der Waals surface area contributed by atoms with Crippen LogP contribution in [-0.2, 0) is 85.6 Å². The van der Waals surface area contributed by atoms with Crippen LogP contribution < -0.4 is 0 Å². The highest BCUT2D eigenvalue weighted by atomic mass is 16.8. The number of carboxylic acids is 4. The van der Waals surface area contributed by atoms with Gasteiger partial charge in [0.2, 0.25) is 0 Å². The molecule has 7 saturated carbocycles. The topological polar surface area (TPSA) is 658 Å². The Morgan fingerprint density at radius 1 is 0.419 bits per heavy atom. The summed E-state index contributed by atoms with van der Waals surface area (Å²) in [7, 11) is 0. The smallest absolute Gasteiger partial charge is 0.335 e. The van der Waals surface area contributed by atoms with E-state index in [4.69, 9.17) is 56.8 Å². The number of rotatable bonds is 22. The number of ether oxygens (including phenoxy) is 12. The van der Waals surface area contributed by atoms with Crippen LogP contribution >= 0.6 is 0 Å². The lowest BCUT2D eigenvalue weighted by molar-refractivity contribution is -0.394. The molecular formula is C96H150O40. The van der Waals surface area contributed by atoms with Crippen LogP contribution in [0.3, 0.4) is 0 Å². The molecule has 15 aliphatic rings. The van der Waals surface area contributed by atoms with Gasteiger partial charge in [0.25, 0.3) is 0 Å². The van der Waals surface area contributed by atoms with Gasteiger partial charge in [-0.15, -0.1) is 0 Å². The fourth-order valence-electron chi connectivity index (χ4n) is 29.2. The number of carbonyl (C=O) groups excluding carboxylic acids is 2. The predicted octanol–water partition coefficient (Wildman–Crippen LogP) is 0.199. The van der Waals surface area contributed by atoms with Gasteiger partial charge in [0.15, 0.2) is 49.9 Å². The first-order chi connectivity index (χ1) is 63.2. The zero-order valence-corrected chi connectivity index (χ0v) is 80.2. The van der Waals surface area contributed by atoms with E-state index in [1.54, 1.807) is 20.8 Å². The zero-order valence-electron chi connectivity index (χ0n) is 80.2. The first-order valence-corrected chi connectivity index (χ1v) is 48.4. The summed E-state index contributed by atoms with van der Waals surface area (Å²) in [4.78, 5) is 79.7. The number of carboxylic acid groups (broad SMARTS) is 4. The number of aliphatic hydroxyl groups is 18. The second kappa shape index (κ2) is 38.5. The highest BCUT2D eigenvalue weighted by Gasteiger charge is 2.75. The summed E-state index contributed by atoms with van der Waals surface area (Å²) in [6.45, 7) is 28.3. The Bertz CT molecular complexity index is 4370. The lowest BCUT2D eigenvalue weighted by Gasteiger charge is -2.71. The minimum atomic E-state index is -2.15. The van der Waals surface area contributed by atoms with Crippen LogP contribution in [0.2, 0.25) is 0 Å². The van der Waals surface area contributed by atoms with Gasteiger partial charge in [0, 0.05) is 0 Å². The zero-order chi connectivity index (χ0) is 100. The van der Waals surface area contributed by atoms with Gasteiger partial charge < -0.3 is 179 Å². The Hall–Kier alpha value is -4.50. The van der Waals surface area contributed by atoms with Gasteiger partial charge in [0.1, 0.15) is 140 Å². The van der Waals surface area contributed by atoms with Crippen LogP contribution in [0.4, 0.5) is 0 Å². The first kappa shape index (κ1) is 107. The summed E-state index contributed by atoms with van der Waals surface area (Å²) in [5.74, 6) is -6.81. The number of aliphatic hydroxyl groups excluding tert-OH is 18. The average molecular weight is 1940 g/mol. The first-order valence-electron chi connectivity index (χ1n) is 48.4. The third kappa shape index (κ3) is 17.3. The fourth-order valence-corrected chi connectivity index (χ4v) is 29.2. The average Bonchev–Trinajstić information content (AvgIpc) is 0.670. The summed E-state index contributed by atoms with van der Waals surface area (Å²) in [6, 6.07) is 0. The molecule has 6 heterocycles. The lowest BCUT2D eigenvalue weighted by atomic mass is 9.33. The number of hydrogen-bond donors (Lipinski definition) is 22. The largest absolute Gasteiger partial charge is 0.481 e. The van der Waals surface area contributed by atoms with E-state index in [0.717, 1.165) is 23.7 Å². The van der Waals surface area contributed by atoms with Gasteiger partial charge in [-0.3, -0.25) is 9.59 Å². The van der Waals surface area contributed by atoms with Crippen molar-refractivity contribution in [2.24, 2.45) is 100 Å². The predicted molar refractivity (Wildman–Crippen MR) is 465 cm³/mol. The molecule has 40 nitrogen and oxygen atoms in total. The van der Waals surface area contributed by atoms with E-state index in [2.05, 4.69) is 88.3 Å². The molecule has 48 atom stereocenters. The van der Waals surface area contributed by atoms with Crippen molar-refractivity contribution < 1.29 is 198 Å². The van der Waals surface area contributed by atoms with Crippen molar-refractivity contribution in [3.63, 3.8) is 0 Å². The van der Waals surface area contributed by atoms with Crippen molar-refractivity contribution in [3.05, 3.63) is 23.3 Å². The van der Waals surface area contributed by atoms with Gasteiger partial charge in [-0.2, -0.15) is 0 Å². The molecule has 0 aromatic heterocycles. The van der Waals surface area contributed by atoms with Crippen molar-refractivity contribution in [1.29, 1.82) is 0 Å². The maximum atomic E-state index is 13.9. The van der Waals surface area contributed by atoms with Gasteiger partial charge in [-0.05, 0) is 202 Å². The van der Waals surface area contributed by atoms with E-state index in [0.29, 0.717) is 89.9 Å². The molecule has 9 aliphatic carbocycles. The van der Waals surface area contributed by atoms with Crippen LogP contribution in [-0.4, -0.2) is 371 Å². The molecule has 22 N–H and O–H groups in total.